The average Bonchev–Trinajstić information content (AvgIpc) is 2.97. The molecule has 2 unspecified atom stereocenters. The number of phenols is 1. The van der Waals surface area contributed by atoms with E-state index >= 15 is 0 Å². The van der Waals surface area contributed by atoms with Gasteiger partial charge in [0.1, 0.15) is 5.75 Å². The van der Waals surface area contributed by atoms with Crippen molar-refractivity contribution >= 4 is 11.7 Å². The van der Waals surface area contributed by atoms with Gasteiger partial charge in [-0.05, 0) is 12.5 Å². The van der Waals surface area contributed by atoms with Gasteiger partial charge in [0, 0.05) is 23.6 Å². The fourth-order valence-electron chi connectivity index (χ4n) is 1.76. The number of carbonyl (C=O) groups is 1. The van der Waals surface area contributed by atoms with Crippen molar-refractivity contribution in [2.45, 2.75) is 12.3 Å². The van der Waals surface area contributed by atoms with Crippen LogP contribution in [0.4, 0.5) is 5.69 Å². The molecule has 16 heavy (non-hydrogen) atoms. The van der Waals surface area contributed by atoms with Gasteiger partial charge in [0.15, 0.2) is 0 Å². The SMILES string of the molecule is O=C(O)C1CC1c1cc([N+](=O)[O-])ccc1O. The van der Waals surface area contributed by atoms with Crippen LogP contribution in [0, 0.1) is 16.0 Å². The number of hydrogen-bond donors (Lipinski definition) is 2. The van der Waals surface area contributed by atoms with E-state index in [9.17, 15) is 20.0 Å². The van der Waals surface area contributed by atoms with Gasteiger partial charge in [0.25, 0.3) is 5.69 Å². The number of rotatable bonds is 3. The maximum absolute atomic E-state index is 10.7. The third-order valence-corrected chi connectivity index (χ3v) is 2.73. The van der Waals surface area contributed by atoms with Crippen LogP contribution in [0.2, 0.25) is 0 Å². The number of phenolic OH excluding ortho intramolecular Hbond substituents is 1. The summed E-state index contributed by atoms with van der Waals surface area (Å²) in [5.41, 5.74) is 0.213. The fourth-order valence-corrected chi connectivity index (χ4v) is 1.76. The molecule has 1 fully saturated rings. The molecule has 1 aromatic carbocycles. The van der Waals surface area contributed by atoms with E-state index < -0.39 is 16.8 Å². The van der Waals surface area contributed by atoms with Crippen LogP contribution in [0.25, 0.3) is 0 Å². The molecule has 0 bridgehead atoms. The molecule has 1 aliphatic rings. The summed E-state index contributed by atoms with van der Waals surface area (Å²) in [6.45, 7) is 0. The molecule has 2 rings (SSSR count). The number of non-ortho nitro benzene ring substituents is 1. The molecule has 6 heteroatoms. The van der Waals surface area contributed by atoms with E-state index in [1.807, 2.05) is 0 Å². The van der Waals surface area contributed by atoms with Gasteiger partial charge in [0.2, 0.25) is 0 Å². The van der Waals surface area contributed by atoms with E-state index in [1.54, 1.807) is 0 Å². The van der Waals surface area contributed by atoms with Crippen LogP contribution in [-0.2, 0) is 4.79 Å². The molecule has 0 aromatic heterocycles. The van der Waals surface area contributed by atoms with E-state index in [-0.39, 0.29) is 17.4 Å². The lowest BCUT2D eigenvalue weighted by molar-refractivity contribution is -0.384. The predicted molar refractivity (Wildman–Crippen MR) is 53.2 cm³/mol. The highest BCUT2D eigenvalue weighted by Gasteiger charge is 2.45. The maximum atomic E-state index is 10.7. The molecule has 2 atom stereocenters. The van der Waals surface area contributed by atoms with Crippen molar-refractivity contribution in [3.8, 4) is 5.75 Å². The van der Waals surface area contributed by atoms with Crippen molar-refractivity contribution in [2.75, 3.05) is 0 Å². The molecule has 1 aromatic rings. The van der Waals surface area contributed by atoms with Crippen LogP contribution in [0.15, 0.2) is 18.2 Å². The largest absolute Gasteiger partial charge is 0.508 e. The number of hydrogen-bond acceptors (Lipinski definition) is 4. The monoisotopic (exact) mass is 223 g/mol. The van der Waals surface area contributed by atoms with Crippen molar-refractivity contribution in [1.29, 1.82) is 0 Å². The molecule has 2 N–H and O–H groups in total. The molecule has 0 amide bonds. The first-order valence-electron chi connectivity index (χ1n) is 4.71. The Bertz CT molecular complexity index is 470. The van der Waals surface area contributed by atoms with Crippen molar-refractivity contribution in [2.24, 2.45) is 5.92 Å². The van der Waals surface area contributed by atoms with Crippen LogP contribution >= 0.6 is 0 Å². The van der Waals surface area contributed by atoms with Crippen molar-refractivity contribution in [1.82, 2.24) is 0 Å². The van der Waals surface area contributed by atoms with Gasteiger partial charge >= 0.3 is 5.97 Å². The molecule has 0 aliphatic heterocycles. The third-order valence-electron chi connectivity index (χ3n) is 2.73. The first-order valence-corrected chi connectivity index (χ1v) is 4.71. The molecule has 0 radical (unpaired) electrons. The lowest BCUT2D eigenvalue weighted by Gasteiger charge is -2.02. The maximum Gasteiger partial charge on any atom is 0.307 e. The zero-order chi connectivity index (χ0) is 11.9. The Morgan fingerprint density at radius 3 is 2.69 bits per heavy atom. The van der Waals surface area contributed by atoms with Crippen LogP contribution in [-0.4, -0.2) is 21.1 Å². The normalized spacial score (nSPS) is 22.8. The van der Waals surface area contributed by atoms with Gasteiger partial charge in [-0.3, -0.25) is 14.9 Å². The summed E-state index contributed by atoms with van der Waals surface area (Å²) in [5, 5.41) is 28.8. The van der Waals surface area contributed by atoms with Crippen LogP contribution < -0.4 is 0 Å². The molecule has 6 nitrogen and oxygen atoms in total. The molecule has 0 saturated heterocycles. The van der Waals surface area contributed by atoms with Crippen molar-refractivity contribution < 1.29 is 19.9 Å². The Morgan fingerprint density at radius 1 is 1.50 bits per heavy atom. The average molecular weight is 223 g/mol. The molecule has 1 aliphatic carbocycles. The van der Waals surface area contributed by atoms with Gasteiger partial charge < -0.3 is 10.2 Å². The minimum absolute atomic E-state index is 0.0839. The van der Waals surface area contributed by atoms with Crippen LogP contribution in [0.1, 0.15) is 17.9 Å². The summed E-state index contributed by atoms with van der Waals surface area (Å²) in [4.78, 5) is 20.6. The predicted octanol–water partition coefficient (Wildman–Crippen LogP) is 1.49. The van der Waals surface area contributed by atoms with E-state index in [0.29, 0.717) is 12.0 Å². The molecular formula is C10H9NO5. The van der Waals surface area contributed by atoms with Gasteiger partial charge in [-0.15, -0.1) is 0 Å². The number of nitro benzene ring substituents is 1. The lowest BCUT2D eigenvalue weighted by atomic mass is 10.1. The summed E-state index contributed by atoms with van der Waals surface area (Å²) in [5.74, 6) is -1.86. The Hall–Kier alpha value is -2.11. The number of carboxylic acid groups (broad SMARTS) is 1. The standard InChI is InChI=1S/C10H9NO5/c12-9-2-1-5(11(15)16)3-7(9)6-4-8(6)10(13)14/h1-3,6,8,12H,4H2,(H,13,14). The van der Waals surface area contributed by atoms with Gasteiger partial charge in [-0.1, -0.05) is 0 Å². The van der Waals surface area contributed by atoms with Gasteiger partial charge in [0.05, 0.1) is 10.8 Å². The van der Waals surface area contributed by atoms with E-state index in [0.717, 1.165) is 0 Å². The Kier molecular flexibility index (Phi) is 2.26. The van der Waals surface area contributed by atoms with Gasteiger partial charge in [-0.25, -0.2) is 0 Å². The minimum atomic E-state index is -0.934. The second-order valence-electron chi connectivity index (χ2n) is 3.79. The van der Waals surface area contributed by atoms with E-state index in [2.05, 4.69) is 0 Å². The molecule has 84 valence electrons. The second kappa shape index (κ2) is 3.48. The highest BCUT2D eigenvalue weighted by Crippen LogP contribution is 2.50. The fraction of sp³-hybridized carbons (Fsp3) is 0.300. The Morgan fingerprint density at radius 2 is 2.19 bits per heavy atom. The van der Waals surface area contributed by atoms with E-state index in [4.69, 9.17) is 5.11 Å². The number of nitro groups is 1. The molecule has 0 spiro atoms. The van der Waals surface area contributed by atoms with Crippen molar-refractivity contribution in [3.05, 3.63) is 33.9 Å². The summed E-state index contributed by atoms with van der Waals surface area (Å²) < 4.78 is 0. The van der Waals surface area contributed by atoms with Gasteiger partial charge in [-0.2, -0.15) is 0 Å². The molecule has 1 saturated carbocycles. The zero-order valence-corrected chi connectivity index (χ0v) is 8.16. The topological polar surface area (TPSA) is 101 Å². The number of carboxylic acids is 1. The second-order valence-corrected chi connectivity index (χ2v) is 3.79. The van der Waals surface area contributed by atoms with Crippen molar-refractivity contribution in [3.63, 3.8) is 0 Å². The third kappa shape index (κ3) is 1.69. The molecular weight excluding hydrogens is 214 g/mol. The smallest absolute Gasteiger partial charge is 0.307 e. The number of aliphatic carboxylic acids is 1. The van der Waals surface area contributed by atoms with Crippen LogP contribution in [0.5, 0.6) is 5.75 Å². The number of benzene rings is 1. The zero-order valence-electron chi connectivity index (χ0n) is 8.16. The first-order chi connectivity index (χ1) is 7.50. The Labute approximate surface area is 90.3 Å². The lowest BCUT2D eigenvalue weighted by Crippen LogP contribution is -1.99. The highest BCUT2D eigenvalue weighted by molar-refractivity contribution is 5.75. The number of nitrogens with zero attached hydrogens (tertiary/aromatic N) is 1. The summed E-state index contributed by atoms with van der Waals surface area (Å²) >= 11 is 0. The van der Waals surface area contributed by atoms with E-state index in [1.165, 1.54) is 18.2 Å². The summed E-state index contributed by atoms with van der Waals surface area (Å²) in [6, 6.07) is 3.66. The highest BCUT2D eigenvalue weighted by atomic mass is 16.6. The molecule has 0 heterocycles. The summed E-state index contributed by atoms with van der Waals surface area (Å²) in [7, 11) is 0. The quantitative estimate of drug-likeness (QED) is 0.597. The van der Waals surface area contributed by atoms with Crippen LogP contribution in [0.3, 0.4) is 0 Å². The summed E-state index contributed by atoms with van der Waals surface area (Å²) in [6.07, 6.45) is 0.421. The number of aromatic hydroxyl groups is 1. The minimum Gasteiger partial charge on any atom is -0.508 e. The Balaban J connectivity index is 2.31. The first kappa shape index (κ1) is 10.4.